The van der Waals surface area contributed by atoms with E-state index >= 15 is 0 Å². The Bertz CT molecular complexity index is 770. The van der Waals surface area contributed by atoms with Crippen molar-refractivity contribution in [3.63, 3.8) is 0 Å². The highest BCUT2D eigenvalue weighted by Gasteiger charge is 2.22. The van der Waals surface area contributed by atoms with Crippen LogP contribution in [0.2, 0.25) is 0 Å². The Morgan fingerprint density at radius 1 is 1.12 bits per heavy atom. The van der Waals surface area contributed by atoms with Gasteiger partial charge in [-0.2, -0.15) is 0 Å². The van der Waals surface area contributed by atoms with Gasteiger partial charge in [0.2, 0.25) is 0 Å². The molecule has 2 aromatic carbocycles. The molecule has 2 aromatic rings. The summed E-state index contributed by atoms with van der Waals surface area (Å²) in [7, 11) is 0. The van der Waals surface area contributed by atoms with Crippen LogP contribution in [0.25, 0.3) is 0 Å². The average molecular weight is 482 g/mol. The summed E-state index contributed by atoms with van der Waals surface area (Å²) >= 11 is 6.87. The predicted octanol–water partition coefficient (Wildman–Crippen LogP) is 5.07. The van der Waals surface area contributed by atoms with Crippen LogP contribution in [0.1, 0.15) is 29.8 Å². The summed E-state index contributed by atoms with van der Waals surface area (Å²) < 4.78 is 7.57. The van der Waals surface area contributed by atoms with Crippen LogP contribution < -0.4 is 5.32 Å². The van der Waals surface area contributed by atoms with Crippen LogP contribution in [-0.2, 0) is 11.3 Å². The number of nitrogens with zero attached hydrogens (tertiary/aromatic N) is 1. The molecule has 0 saturated carbocycles. The van der Waals surface area contributed by atoms with Gasteiger partial charge in [0, 0.05) is 34.1 Å². The second-order valence-corrected chi connectivity index (χ2v) is 8.50. The summed E-state index contributed by atoms with van der Waals surface area (Å²) in [5.41, 5.74) is 2.60. The molecule has 2 atom stereocenters. The Morgan fingerprint density at radius 3 is 2.38 bits per heavy atom. The Hall–Kier alpha value is -1.21. The predicted molar refractivity (Wildman–Crippen MR) is 112 cm³/mol. The zero-order chi connectivity index (χ0) is 18.7. The number of hydrogen-bond acceptors (Lipinski definition) is 3. The number of ether oxygens (including phenoxy) is 1. The van der Waals surface area contributed by atoms with Gasteiger partial charge in [-0.3, -0.25) is 9.69 Å². The maximum atomic E-state index is 12.5. The topological polar surface area (TPSA) is 41.6 Å². The van der Waals surface area contributed by atoms with E-state index in [-0.39, 0.29) is 18.1 Å². The number of amides is 1. The van der Waals surface area contributed by atoms with Gasteiger partial charge in [0.05, 0.1) is 17.9 Å². The molecule has 3 rings (SSSR count). The lowest BCUT2D eigenvalue weighted by molar-refractivity contribution is -0.0704. The first-order valence-electron chi connectivity index (χ1n) is 8.64. The molecule has 1 amide bonds. The number of nitrogens with one attached hydrogen (secondary N) is 1. The molecule has 138 valence electrons. The van der Waals surface area contributed by atoms with Crippen molar-refractivity contribution in [2.75, 3.05) is 18.4 Å². The number of hydrogen-bond donors (Lipinski definition) is 1. The third kappa shape index (κ3) is 5.16. The lowest BCUT2D eigenvalue weighted by Gasteiger charge is -2.35. The highest BCUT2D eigenvalue weighted by atomic mass is 79.9. The molecule has 6 heteroatoms. The zero-order valence-corrected chi connectivity index (χ0v) is 18.0. The summed E-state index contributed by atoms with van der Waals surface area (Å²) in [6, 6.07) is 13.5. The number of rotatable bonds is 4. The van der Waals surface area contributed by atoms with Crippen molar-refractivity contribution in [2.24, 2.45) is 0 Å². The number of carbonyl (C=O) groups is 1. The van der Waals surface area contributed by atoms with Crippen LogP contribution >= 0.6 is 31.9 Å². The van der Waals surface area contributed by atoms with Gasteiger partial charge in [-0.25, -0.2) is 0 Å². The molecule has 1 N–H and O–H groups in total. The van der Waals surface area contributed by atoms with Crippen LogP contribution in [0.5, 0.6) is 0 Å². The number of carbonyl (C=O) groups excluding carboxylic acids is 1. The van der Waals surface area contributed by atoms with Gasteiger partial charge in [-0.05, 0) is 65.7 Å². The molecule has 0 spiro atoms. The van der Waals surface area contributed by atoms with Crippen molar-refractivity contribution >= 4 is 43.5 Å². The second-order valence-electron chi connectivity index (χ2n) is 6.73. The smallest absolute Gasteiger partial charge is 0.255 e. The van der Waals surface area contributed by atoms with Crippen molar-refractivity contribution in [1.29, 1.82) is 0 Å². The summed E-state index contributed by atoms with van der Waals surface area (Å²) in [5, 5.41) is 2.93. The zero-order valence-electron chi connectivity index (χ0n) is 14.8. The van der Waals surface area contributed by atoms with E-state index < -0.39 is 0 Å². The Labute approximate surface area is 171 Å². The first-order valence-corrected chi connectivity index (χ1v) is 10.2. The first-order chi connectivity index (χ1) is 12.4. The maximum Gasteiger partial charge on any atom is 0.255 e. The molecule has 26 heavy (non-hydrogen) atoms. The van der Waals surface area contributed by atoms with Gasteiger partial charge in [-0.1, -0.05) is 28.1 Å². The number of benzene rings is 2. The third-order valence-corrected chi connectivity index (χ3v) is 5.45. The minimum absolute atomic E-state index is 0.117. The normalized spacial score (nSPS) is 20.8. The van der Waals surface area contributed by atoms with Crippen molar-refractivity contribution in [3.05, 3.63) is 62.5 Å². The lowest BCUT2D eigenvalue weighted by Crippen LogP contribution is -2.44. The molecule has 4 nitrogen and oxygen atoms in total. The van der Waals surface area contributed by atoms with E-state index in [4.69, 9.17) is 4.74 Å². The monoisotopic (exact) mass is 480 g/mol. The van der Waals surface area contributed by atoms with Crippen molar-refractivity contribution in [3.8, 4) is 0 Å². The van der Waals surface area contributed by atoms with Crippen molar-refractivity contribution < 1.29 is 9.53 Å². The van der Waals surface area contributed by atoms with Gasteiger partial charge in [0.25, 0.3) is 5.91 Å². The fourth-order valence-electron chi connectivity index (χ4n) is 3.22. The van der Waals surface area contributed by atoms with Crippen LogP contribution in [0.15, 0.2) is 51.4 Å². The van der Waals surface area contributed by atoms with Gasteiger partial charge in [0.15, 0.2) is 0 Å². The van der Waals surface area contributed by atoms with E-state index in [1.54, 1.807) is 0 Å². The van der Waals surface area contributed by atoms with Gasteiger partial charge >= 0.3 is 0 Å². The largest absolute Gasteiger partial charge is 0.373 e. The van der Waals surface area contributed by atoms with E-state index in [1.165, 1.54) is 5.56 Å². The van der Waals surface area contributed by atoms with Gasteiger partial charge in [0.1, 0.15) is 0 Å². The maximum absolute atomic E-state index is 12.5. The van der Waals surface area contributed by atoms with Crippen LogP contribution in [0, 0.1) is 0 Å². The van der Waals surface area contributed by atoms with Crippen molar-refractivity contribution in [1.82, 2.24) is 4.90 Å². The standard InChI is InChI=1S/C20H22Br2N2O2/c1-13-10-24(11-14(2)26-13)12-15-3-5-16(6-4-15)20(25)23-19-8-7-17(21)9-18(19)22/h3-9,13-14H,10-12H2,1-2H3,(H,23,25). The highest BCUT2D eigenvalue weighted by Crippen LogP contribution is 2.26. The molecule has 0 radical (unpaired) electrons. The van der Waals surface area contributed by atoms with Crippen LogP contribution in [0.3, 0.4) is 0 Å². The van der Waals surface area contributed by atoms with Crippen molar-refractivity contribution in [2.45, 2.75) is 32.6 Å². The fraction of sp³-hybridized carbons (Fsp3) is 0.350. The third-order valence-electron chi connectivity index (χ3n) is 4.30. The number of morpholine rings is 1. The average Bonchev–Trinajstić information content (AvgIpc) is 2.57. The molecular formula is C20H22Br2N2O2. The summed E-state index contributed by atoms with van der Waals surface area (Å²) in [6.45, 7) is 6.96. The summed E-state index contributed by atoms with van der Waals surface area (Å²) in [4.78, 5) is 14.9. The first kappa shape index (κ1) is 19.5. The molecule has 1 fully saturated rings. The van der Waals surface area contributed by atoms with Gasteiger partial charge < -0.3 is 10.1 Å². The Morgan fingerprint density at radius 2 is 1.77 bits per heavy atom. The Balaban J connectivity index is 1.62. The fourth-order valence-corrected chi connectivity index (χ4v) is 4.36. The molecule has 1 saturated heterocycles. The number of anilines is 1. The lowest BCUT2D eigenvalue weighted by atomic mass is 10.1. The van der Waals surface area contributed by atoms with E-state index in [0.29, 0.717) is 5.56 Å². The van der Waals surface area contributed by atoms with E-state index in [0.717, 1.165) is 34.3 Å². The molecule has 0 aromatic heterocycles. The summed E-state index contributed by atoms with van der Waals surface area (Å²) in [6.07, 6.45) is 0.515. The minimum atomic E-state index is -0.117. The summed E-state index contributed by atoms with van der Waals surface area (Å²) in [5.74, 6) is -0.117. The van der Waals surface area contributed by atoms with Gasteiger partial charge in [-0.15, -0.1) is 0 Å². The highest BCUT2D eigenvalue weighted by molar-refractivity contribution is 9.11. The van der Waals surface area contributed by atoms with Crippen LogP contribution in [-0.4, -0.2) is 36.1 Å². The van der Waals surface area contributed by atoms with Crippen LogP contribution in [0.4, 0.5) is 5.69 Å². The van der Waals surface area contributed by atoms with E-state index in [2.05, 4.69) is 55.9 Å². The van der Waals surface area contributed by atoms with E-state index in [1.807, 2.05) is 42.5 Å². The second kappa shape index (κ2) is 8.65. The molecule has 1 aliphatic rings. The molecule has 1 heterocycles. The molecule has 0 bridgehead atoms. The molecule has 0 aliphatic carbocycles. The molecule has 2 unspecified atom stereocenters. The quantitative estimate of drug-likeness (QED) is 0.662. The molecular weight excluding hydrogens is 460 g/mol. The Kier molecular flexibility index (Phi) is 6.51. The molecule has 1 aliphatic heterocycles. The minimum Gasteiger partial charge on any atom is -0.373 e. The number of halogens is 2. The van der Waals surface area contributed by atoms with E-state index in [9.17, 15) is 4.79 Å². The SMILES string of the molecule is CC1CN(Cc2ccc(C(=O)Nc3ccc(Br)cc3Br)cc2)CC(C)O1.